The minimum atomic E-state index is 1.25. The van der Waals surface area contributed by atoms with Crippen LogP contribution >= 0.6 is 22.7 Å². The van der Waals surface area contributed by atoms with E-state index in [9.17, 15) is 0 Å². The molecule has 0 nitrogen and oxygen atoms in total. The molecule has 0 amide bonds. The summed E-state index contributed by atoms with van der Waals surface area (Å²) in [6, 6.07) is 63.0. The average molecular weight is 669 g/mol. The van der Waals surface area contributed by atoms with Crippen LogP contribution in [-0.4, -0.2) is 0 Å². The van der Waals surface area contributed by atoms with Gasteiger partial charge in [-0.3, -0.25) is 0 Å². The molecule has 0 unspecified atom stereocenters. The zero-order valence-corrected chi connectivity index (χ0v) is 28.6. The zero-order chi connectivity index (χ0) is 32.8. The second kappa shape index (κ2) is 10.9. The van der Waals surface area contributed by atoms with Gasteiger partial charge in [0.05, 0.1) is 0 Å². The van der Waals surface area contributed by atoms with E-state index in [0.717, 1.165) is 0 Å². The van der Waals surface area contributed by atoms with Crippen molar-refractivity contribution < 1.29 is 0 Å². The molecule has 0 N–H and O–H groups in total. The number of hydrogen-bond donors (Lipinski definition) is 0. The van der Waals surface area contributed by atoms with Gasteiger partial charge >= 0.3 is 0 Å². The number of hydrogen-bond acceptors (Lipinski definition) is 2. The molecule has 0 aliphatic heterocycles. The van der Waals surface area contributed by atoms with Gasteiger partial charge in [0.25, 0.3) is 0 Å². The van der Waals surface area contributed by atoms with E-state index >= 15 is 0 Å². The van der Waals surface area contributed by atoms with Crippen LogP contribution in [-0.2, 0) is 0 Å². The van der Waals surface area contributed by atoms with Crippen molar-refractivity contribution in [2.24, 2.45) is 0 Å². The number of thiophene rings is 2. The third-order valence-corrected chi connectivity index (χ3v) is 12.8. The lowest BCUT2D eigenvalue weighted by atomic mass is 9.85. The standard InChI is InChI=1S/C48H28S2/c1-2-10-29(11-3-1)45-36-13-4-6-15-38(36)46(39-16-7-5-14-37(39)45)34-21-20-30-26-31(18-19-32(30)27-34)33-22-24-43-41(28-33)47-44(49-43)25-23-40-35-12-8-9-17-42(35)50-48(40)47/h1-28H. The number of benzene rings is 9. The highest BCUT2D eigenvalue weighted by Gasteiger charge is 2.17. The van der Waals surface area contributed by atoms with Gasteiger partial charge in [-0.25, -0.2) is 0 Å². The number of fused-ring (bicyclic) bond motifs is 10. The fourth-order valence-corrected chi connectivity index (χ4v) is 10.6. The Morgan fingerprint density at radius 1 is 0.280 bits per heavy atom. The Morgan fingerprint density at radius 2 is 0.800 bits per heavy atom. The summed E-state index contributed by atoms with van der Waals surface area (Å²) in [5, 5.41) is 13.1. The van der Waals surface area contributed by atoms with Gasteiger partial charge in [0.1, 0.15) is 0 Å². The summed E-state index contributed by atoms with van der Waals surface area (Å²) >= 11 is 3.82. The second-order valence-corrected chi connectivity index (χ2v) is 15.3. The van der Waals surface area contributed by atoms with E-state index in [1.807, 2.05) is 22.7 Å². The Morgan fingerprint density at radius 3 is 1.52 bits per heavy atom. The fourth-order valence-electron chi connectivity index (χ4n) is 8.16. The topological polar surface area (TPSA) is 0 Å². The van der Waals surface area contributed by atoms with Crippen LogP contribution < -0.4 is 0 Å². The van der Waals surface area contributed by atoms with Gasteiger partial charge in [-0.05, 0) is 102 Å². The molecule has 2 heteroatoms. The van der Waals surface area contributed by atoms with Gasteiger partial charge in [-0.2, -0.15) is 0 Å². The summed E-state index contributed by atoms with van der Waals surface area (Å²) in [6.45, 7) is 0. The van der Waals surface area contributed by atoms with Crippen LogP contribution in [0.2, 0.25) is 0 Å². The first-order chi connectivity index (χ1) is 24.8. The molecule has 0 aliphatic carbocycles. The zero-order valence-electron chi connectivity index (χ0n) is 27.0. The summed E-state index contributed by atoms with van der Waals surface area (Å²) in [5.41, 5.74) is 7.60. The quantitative estimate of drug-likeness (QED) is 0.164. The molecular formula is C48H28S2. The first-order valence-electron chi connectivity index (χ1n) is 17.1. The Bertz CT molecular complexity index is 3080. The summed E-state index contributed by atoms with van der Waals surface area (Å²) in [4.78, 5) is 0. The molecule has 0 bridgehead atoms. The molecule has 232 valence electrons. The molecule has 11 rings (SSSR count). The first-order valence-corrected chi connectivity index (χ1v) is 18.7. The summed E-state index contributed by atoms with van der Waals surface area (Å²) in [5.74, 6) is 0. The van der Waals surface area contributed by atoms with E-state index < -0.39 is 0 Å². The molecule has 0 saturated heterocycles. The van der Waals surface area contributed by atoms with Crippen molar-refractivity contribution in [2.75, 3.05) is 0 Å². The number of rotatable bonds is 3. The predicted octanol–water partition coefficient (Wildman–Crippen LogP) is 14.9. The van der Waals surface area contributed by atoms with E-state index in [2.05, 4.69) is 170 Å². The predicted molar refractivity (Wildman–Crippen MR) is 221 cm³/mol. The molecule has 0 saturated carbocycles. The largest absolute Gasteiger partial charge is 0.135 e. The minimum Gasteiger partial charge on any atom is -0.135 e. The highest BCUT2D eigenvalue weighted by molar-refractivity contribution is 7.29. The molecule has 9 aromatic carbocycles. The van der Waals surface area contributed by atoms with Crippen LogP contribution in [0.4, 0.5) is 0 Å². The molecule has 0 atom stereocenters. The smallest absolute Gasteiger partial charge is 0.0448 e. The van der Waals surface area contributed by atoms with Gasteiger partial charge in [0.2, 0.25) is 0 Å². The van der Waals surface area contributed by atoms with E-state index in [0.29, 0.717) is 0 Å². The SMILES string of the molecule is c1ccc(-c2c3ccccc3c(-c3ccc4cc(-c5ccc6sc7ccc8c9ccccc9sc8c7c6c5)ccc4c3)c3ccccc23)cc1. The van der Waals surface area contributed by atoms with Crippen molar-refractivity contribution in [2.45, 2.75) is 0 Å². The van der Waals surface area contributed by atoms with Gasteiger partial charge in [0, 0.05) is 40.3 Å². The highest BCUT2D eigenvalue weighted by atomic mass is 32.1. The van der Waals surface area contributed by atoms with Crippen molar-refractivity contribution in [1.29, 1.82) is 0 Å². The molecule has 0 fully saturated rings. The molecular weight excluding hydrogens is 641 g/mol. The van der Waals surface area contributed by atoms with Gasteiger partial charge in [-0.1, -0.05) is 133 Å². The van der Waals surface area contributed by atoms with Gasteiger partial charge < -0.3 is 0 Å². The van der Waals surface area contributed by atoms with Crippen LogP contribution in [0.25, 0.3) is 106 Å². The second-order valence-electron chi connectivity index (χ2n) is 13.2. The lowest BCUT2D eigenvalue weighted by molar-refractivity contribution is 1.66. The van der Waals surface area contributed by atoms with Crippen LogP contribution in [0.15, 0.2) is 170 Å². The maximum atomic E-state index is 2.42. The van der Waals surface area contributed by atoms with E-state index in [1.165, 1.54) is 106 Å². The van der Waals surface area contributed by atoms with Crippen LogP contribution in [0.3, 0.4) is 0 Å². The molecule has 0 spiro atoms. The third-order valence-electron chi connectivity index (χ3n) is 10.4. The van der Waals surface area contributed by atoms with Crippen molar-refractivity contribution in [3.8, 4) is 33.4 Å². The Balaban J connectivity index is 1.06. The molecule has 11 aromatic rings. The summed E-state index contributed by atoms with van der Waals surface area (Å²) < 4.78 is 5.46. The van der Waals surface area contributed by atoms with Crippen molar-refractivity contribution in [1.82, 2.24) is 0 Å². The molecule has 2 aromatic heterocycles. The fraction of sp³-hybridized carbons (Fsp3) is 0. The van der Waals surface area contributed by atoms with Gasteiger partial charge in [-0.15, -0.1) is 22.7 Å². The van der Waals surface area contributed by atoms with Crippen molar-refractivity contribution in [3.63, 3.8) is 0 Å². The maximum absolute atomic E-state index is 2.42. The van der Waals surface area contributed by atoms with E-state index in [-0.39, 0.29) is 0 Å². The molecule has 2 heterocycles. The summed E-state index contributed by atoms with van der Waals surface area (Å²) in [7, 11) is 0. The molecule has 0 aliphatic rings. The monoisotopic (exact) mass is 668 g/mol. The Hall–Kier alpha value is -5.80. The van der Waals surface area contributed by atoms with E-state index in [4.69, 9.17) is 0 Å². The first kappa shape index (κ1) is 28.1. The van der Waals surface area contributed by atoms with Crippen molar-refractivity contribution >= 4 is 95.3 Å². The van der Waals surface area contributed by atoms with Crippen LogP contribution in [0.5, 0.6) is 0 Å². The van der Waals surface area contributed by atoms with Crippen molar-refractivity contribution in [3.05, 3.63) is 170 Å². The molecule has 50 heavy (non-hydrogen) atoms. The lowest BCUT2D eigenvalue weighted by Gasteiger charge is -2.18. The molecule has 0 radical (unpaired) electrons. The maximum Gasteiger partial charge on any atom is 0.0448 e. The highest BCUT2D eigenvalue weighted by Crippen LogP contribution is 2.46. The normalized spacial score (nSPS) is 12.0. The summed E-state index contributed by atoms with van der Waals surface area (Å²) in [6.07, 6.45) is 0. The van der Waals surface area contributed by atoms with E-state index in [1.54, 1.807) is 0 Å². The Kier molecular flexibility index (Phi) is 6.09. The average Bonchev–Trinajstić information content (AvgIpc) is 3.75. The minimum absolute atomic E-state index is 1.25. The van der Waals surface area contributed by atoms with Crippen LogP contribution in [0, 0.1) is 0 Å². The third kappa shape index (κ3) is 4.16. The lowest BCUT2D eigenvalue weighted by Crippen LogP contribution is -1.90. The Labute approximate surface area is 297 Å². The van der Waals surface area contributed by atoms with Crippen LogP contribution in [0.1, 0.15) is 0 Å². The van der Waals surface area contributed by atoms with Gasteiger partial charge in [0.15, 0.2) is 0 Å².